The third kappa shape index (κ3) is 5.96. The van der Waals surface area contributed by atoms with E-state index in [9.17, 15) is 19.5 Å². The maximum Gasteiger partial charge on any atom is 0.407 e. The molecule has 0 radical (unpaired) electrons. The molecule has 14 heteroatoms. The van der Waals surface area contributed by atoms with E-state index in [0.29, 0.717) is 54.6 Å². The van der Waals surface area contributed by atoms with Crippen LogP contribution in [0.15, 0.2) is 42.5 Å². The summed E-state index contributed by atoms with van der Waals surface area (Å²) < 4.78 is 32.9. The third-order valence-corrected chi connectivity index (χ3v) is 10.8. The van der Waals surface area contributed by atoms with Gasteiger partial charge >= 0.3 is 12.1 Å². The zero-order chi connectivity index (χ0) is 35.4. The molecule has 2 unspecified atom stereocenters. The number of carbonyl (C=O) groups is 3. The standard InChI is InChI=1S/C36H37Cl2FN4O7/c1-19-14-42(36(46)47)20(2)13-41(19)24-9-28(37)32(29(38)10-24)34(44)40-15-21-5-4-6-25(33(21)50-18-40)26-12-31(27(11-30(26)39)35(45)48-3)43-22-7-8-23(43)17-49-16-22/h4-6,9-12,19-20,22-23H,7-8,13-18H2,1-3H3,(H,46,47)/t19-,20+,22?,23?/m1/s1. The number of hydrogen-bond acceptors (Lipinski definition) is 8. The number of benzene rings is 3. The molecule has 1 N–H and O–H groups in total. The van der Waals surface area contributed by atoms with Crippen LogP contribution < -0.4 is 14.5 Å². The second kappa shape index (κ2) is 13.5. The van der Waals surface area contributed by atoms with Crippen molar-refractivity contribution in [2.45, 2.75) is 57.4 Å². The summed E-state index contributed by atoms with van der Waals surface area (Å²) in [5.74, 6) is -1.21. The summed E-state index contributed by atoms with van der Waals surface area (Å²) in [6.07, 6.45) is 0.847. The number of carboxylic acid groups (broad SMARTS) is 1. The number of halogens is 3. The van der Waals surface area contributed by atoms with E-state index in [2.05, 4.69) is 4.90 Å². The highest BCUT2D eigenvalue weighted by molar-refractivity contribution is 6.40. The molecule has 50 heavy (non-hydrogen) atoms. The van der Waals surface area contributed by atoms with Crippen LogP contribution in [0.5, 0.6) is 5.75 Å². The molecule has 0 aliphatic carbocycles. The number of hydrogen-bond donors (Lipinski definition) is 1. The molecule has 0 spiro atoms. The number of anilines is 2. The summed E-state index contributed by atoms with van der Waals surface area (Å²) in [6.45, 7) is 5.59. The first-order valence-corrected chi connectivity index (χ1v) is 17.3. The molecular formula is C36H37Cl2FN4O7. The molecule has 3 aromatic rings. The molecule has 3 saturated heterocycles. The second-order valence-electron chi connectivity index (χ2n) is 13.3. The maximum absolute atomic E-state index is 15.9. The average molecular weight is 728 g/mol. The van der Waals surface area contributed by atoms with Crippen molar-refractivity contribution >= 4 is 52.5 Å². The molecule has 0 saturated carbocycles. The third-order valence-electron chi connectivity index (χ3n) is 10.2. The number of esters is 1. The molecule has 4 heterocycles. The topological polar surface area (TPSA) is 112 Å². The van der Waals surface area contributed by atoms with Gasteiger partial charge in [-0.2, -0.15) is 0 Å². The SMILES string of the molecule is COC(=O)c1cc(F)c(-c2cccc3c2OCN(C(=O)c2c(Cl)cc(N4C[C@H](C)N(C(=O)O)C[C@H]4C)cc2Cl)C3)cc1N1C2CCC1COC2. The minimum Gasteiger partial charge on any atom is -0.472 e. The van der Waals surface area contributed by atoms with E-state index in [1.807, 2.05) is 24.8 Å². The molecule has 4 aliphatic rings. The number of methoxy groups -OCH3 is 1. The van der Waals surface area contributed by atoms with Crippen LogP contribution in [0.2, 0.25) is 10.0 Å². The monoisotopic (exact) mass is 726 g/mol. The number of morpholine rings is 1. The number of fused-ring (bicyclic) bond motifs is 3. The first-order chi connectivity index (χ1) is 24.0. The molecule has 2 amide bonds. The van der Waals surface area contributed by atoms with Crippen molar-refractivity contribution in [1.82, 2.24) is 9.80 Å². The van der Waals surface area contributed by atoms with Crippen molar-refractivity contribution in [3.8, 4) is 16.9 Å². The molecule has 3 fully saturated rings. The van der Waals surface area contributed by atoms with Crippen LogP contribution in [0, 0.1) is 5.82 Å². The number of amides is 2. The minimum absolute atomic E-state index is 0.0674. The van der Waals surface area contributed by atoms with E-state index in [0.717, 1.165) is 12.8 Å². The molecule has 3 aromatic carbocycles. The summed E-state index contributed by atoms with van der Waals surface area (Å²) >= 11 is 13.4. The van der Waals surface area contributed by atoms with Gasteiger partial charge in [-0.1, -0.05) is 41.4 Å². The smallest absolute Gasteiger partial charge is 0.407 e. The van der Waals surface area contributed by atoms with Crippen molar-refractivity contribution in [1.29, 1.82) is 0 Å². The lowest BCUT2D eigenvalue weighted by atomic mass is 9.96. The van der Waals surface area contributed by atoms with Gasteiger partial charge in [-0.25, -0.2) is 14.0 Å². The van der Waals surface area contributed by atoms with Gasteiger partial charge in [-0.15, -0.1) is 0 Å². The predicted molar refractivity (Wildman–Crippen MR) is 186 cm³/mol. The summed E-state index contributed by atoms with van der Waals surface area (Å²) in [7, 11) is 1.28. The minimum atomic E-state index is -0.968. The van der Waals surface area contributed by atoms with Gasteiger partial charge in [0.2, 0.25) is 0 Å². The fourth-order valence-corrected chi connectivity index (χ4v) is 8.37. The summed E-state index contributed by atoms with van der Waals surface area (Å²) in [5, 5.41) is 9.85. The van der Waals surface area contributed by atoms with Crippen molar-refractivity contribution in [2.75, 3.05) is 49.9 Å². The number of piperazine rings is 1. The Labute approximate surface area is 299 Å². The summed E-state index contributed by atoms with van der Waals surface area (Å²) in [6, 6.07) is 11.4. The van der Waals surface area contributed by atoms with Gasteiger partial charge in [0.15, 0.2) is 6.73 Å². The molecule has 11 nitrogen and oxygen atoms in total. The Morgan fingerprint density at radius 1 is 0.960 bits per heavy atom. The fourth-order valence-electron chi connectivity index (χ4n) is 7.73. The van der Waals surface area contributed by atoms with E-state index in [1.54, 1.807) is 30.3 Å². The van der Waals surface area contributed by atoms with Gasteiger partial charge in [-0.05, 0) is 51.0 Å². The van der Waals surface area contributed by atoms with Crippen molar-refractivity contribution in [3.05, 3.63) is 75.0 Å². The van der Waals surface area contributed by atoms with E-state index in [1.165, 1.54) is 23.0 Å². The summed E-state index contributed by atoms with van der Waals surface area (Å²) in [5.41, 5.74) is 2.99. The van der Waals surface area contributed by atoms with Gasteiger partial charge in [0.05, 0.1) is 65.8 Å². The quantitative estimate of drug-likeness (QED) is 0.294. The molecule has 4 aliphatic heterocycles. The average Bonchev–Trinajstić information content (AvgIpc) is 3.34. The van der Waals surface area contributed by atoms with Crippen LogP contribution in [0.1, 0.15) is 53.0 Å². The van der Waals surface area contributed by atoms with Crippen LogP contribution in [-0.2, 0) is 16.0 Å². The van der Waals surface area contributed by atoms with Crippen LogP contribution in [-0.4, -0.2) is 97.2 Å². The van der Waals surface area contributed by atoms with Gasteiger partial charge in [0.25, 0.3) is 5.91 Å². The van der Waals surface area contributed by atoms with Crippen molar-refractivity contribution in [3.63, 3.8) is 0 Å². The lowest BCUT2D eigenvalue weighted by Crippen LogP contribution is -2.58. The number of rotatable bonds is 5. The molecular weight excluding hydrogens is 690 g/mol. The van der Waals surface area contributed by atoms with Gasteiger partial charge in [0.1, 0.15) is 11.6 Å². The normalized spacial score (nSPS) is 23.0. The van der Waals surface area contributed by atoms with Gasteiger partial charge in [-0.3, -0.25) is 4.79 Å². The van der Waals surface area contributed by atoms with Crippen LogP contribution in [0.3, 0.4) is 0 Å². The number of para-hydroxylation sites is 1. The first-order valence-electron chi connectivity index (χ1n) is 16.5. The number of ether oxygens (including phenoxy) is 3. The second-order valence-corrected chi connectivity index (χ2v) is 14.1. The van der Waals surface area contributed by atoms with Crippen LogP contribution >= 0.6 is 23.2 Å². The largest absolute Gasteiger partial charge is 0.472 e. The van der Waals surface area contributed by atoms with E-state index < -0.39 is 23.8 Å². The highest BCUT2D eigenvalue weighted by atomic mass is 35.5. The Morgan fingerprint density at radius 2 is 1.66 bits per heavy atom. The van der Waals surface area contributed by atoms with E-state index >= 15 is 4.39 Å². The lowest BCUT2D eigenvalue weighted by Gasteiger charge is -2.44. The molecule has 2 bridgehead atoms. The zero-order valence-electron chi connectivity index (χ0n) is 27.8. The number of carbonyl (C=O) groups excluding carboxylic acids is 2. The molecule has 7 rings (SSSR count). The molecule has 4 atom stereocenters. The zero-order valence-corrected chi connectivity index (χ0v) is 29.3. The fraction of sp³-hybridized carbons (Fsp3) is 0.417. The Hall–Kier alpha value is -4.26. The maximum atomic E-state index is 15.9. The Bertz CT molecular complexity index is 1840. The van der Waals surface area contributed by atoms with E-state index in [4.69, 9.17) is 37.4 Å². The first kappa shape index (κ1) is 34.2. The van der Waals surface area contributed by atoms with Crippen molar-refractivity contribution < 1.29 is 38.1 Å². The molecule has 0 aromatic heterocycles. The Balaban J connectivity index is 1.16. The molecule has 264 valence electrons. The van der Waals surface area contributed by atoms with Crippen LogP contribution in [0.25, 0.3) is 11.1 Å². The predicted octanol–water partition coefficient (Wildman–Crippen LogP) is 6.52. The van der Waals surface area contributed by atoms with Crippen molar-refractivity contribution in [2.24, 2.45) is 0 Å². The Kier molecular flexibility index (Phi) is 9.21. The summed E-state index contributed by atoms with van der Waals surface area (Å²) in [4.78, 5) is 45.4. The Morgan fingerprint density at radius 3 is 2.32 bits per heavy atom. The van der Waals surface area contributed by atoms with E-state index in [-0.39, 0.29) is 64.2 Å². The number of nitrogens with zero attached hydrogens (tertiary/aromatic N) is 4. The van der Waals surface area contributed by atoms with Crippen LogP contribution in [0.4, 0.5) is 20.6 Å². The highest BCUT2D eigenvalue weighted by Crippen LogP contribution is 2.44. The highest BCUT2D eigenvalue weighted by Gasteiger charge is 2.40. The van der Waals surface area contributed by atoms with Gasteiger partial charge in [0, 0.05) is 47.6 Å². The lowest BCUT2D eigenvalue weighted by molar-refractivity contribution is 0.0515. The van der Waals surface area contributed by atoms with Gasteiger partial charge < -0.3 is 38.9 Å².